The molecule has 0 aliphatic heterocycles. The van der Waals surface area contributed by atoms with Crippen molar-refractivity contribution >= 4 is 5.71 Å². The Morgan fingerprint density at radius 2 is 1.31 bits per heavy atom. The highest BCUT2D eigenvalue weighted by Crippen LogP contribution is 2.15. The molecular weight excluding hydrogens is 162 g/mol. The summed E-state index contributed by atoms with van der Waals surface area (Å²) >= 11 is 0. The zero-order valence-electron chi connectivity index (χ0n) is 8.72. The van der Waals surface area contributed by atoms with E-state index >= 15 is 0 Å². The lowest BCUT2D eigenvalue weighted by Crippen LogP contribution is -2.01. The summed E-state index contributed by atoms with van der Waals surface area (Å²) < 4.78 is 0. The maximum absolute atomic E-state index is 4.84. The van der Waals surface area contributed by atoms with Gasteiger partial charge in [-0.15, -0.1) is 0 Å². The predicted octanol–water partition coefficient (Wildman–Crippen LogP) is 3.51. The Morgan fingerprint density at radius 1 is 0.846 bits per heavy atom. The van der Waals surface area contributed by atoms with E-state index in [9.17, 15) is 0 Å². The molecule has 1 saturated carbocycles. The summed E-state index contributed by atoms with van der Waals surface area (Å²) in [7, 11) is 1.64. The Kier molecular flexibility index (Phi) is 5.62. The Labute approximate surface area is 81.3 Å². The van der Waals surface area contributed by atoms with Gasteiger partial charge < -0.3 is 4.84 Å². The molecule has 0 spiro atoms. The van der Waals surface area contributed by atoms with E-state index in [0.717, 1.165) is 12.8 Å². The molecule has 1 aliphatic carbocycles. The molecule has 1 rings (SSSR count). The summed E-state index contributed by atoms with van der Waals surface area (Å²) in [6, 6.07) is 0. The lowest BCUT2D eigenvalue weighted by Gasteiger charge is -2.08. The summed E-state index contributed by atoms with van der Waals surface area (Å²) in [6.45, 7) is 0. The second-order valence-corrected chi connectivity index (χ2v) is 3.81. The van der Waals surface area contributed by atoms with E-state index in [-0.39, 0.29) is 0 Å². The number of hydrogen-bond donors (Lipinski definition) is 0. The quantitative estimate of drug-likeness (QED) is 0.570. The summed E-state index contributed by atoms with van der Waals surface area (Å²) in [5.41, 5.74) is 1.27. The second kappa shape index (κ2) is 6.93. The van der Waals surface area contributed by atoms with Gasteiger partial charge in [-0.3, -0.25) is 0 Å². The van der Waals surface area contributed by atoms with Gasteiger partial charge in [0.15, 0.2) is 0 Å². The van der Waals surface area contributed by atoms with Gasteiger partial charge >= 0.3 is 0 Å². The van der Waals surface area contributed by atoms with Crippen molar-refractivity contribution in [3.05, 3.63) is 0 Å². The molecule has 0 saturated heterocycles. The molecule has 0 heterocycles. The molecular formula is C11H21NO. The largest absolute Gasteiger partial charge is 0.399 e. The van der Waals surface area contributed by atoms with E-state index in [0.29, 0.717) is 0 Å². The van der Waals surface area contributed by atoms with E-state index in [1.807, 2.05) is 0 Å². The highest BCUT2D eigenvalue weighted by molar-refractivity contribution is 5.83. The first-order chi connectivity index (χ1) is 6.43. The molecule has 0 unspecified atom stereocenters. The van der Waals surface area contributed by atoms with Crippen LogP contribution >= 0.6 is 0 Å². The Bertz CT molecular complexity index is 142. The van der Waals surface area contributed by atoms with Gasteiger partial charge in [0.05, 0.1) is 5.71 Å². The fraction of sp³-hybridized carbons (Fsp3) is 0.909. The minimum Gasteiger partial charge on any atom is -0.399 e. The van der Waals surface area contributed by atoms with Crippen LogP contribution in [0.4, 0.5) is 0 Å². The van der Waals surface area contributed by atoms with Crippen molar-refractivity contribution in [2.24, 2.45) is 5.16 Å². The predicted molar refractivity (Wildman–Crippen MR) is 56.0 cm³/mol. The molecule has 2 nitrogen and oxygen atoms in total. The fourth-order valence-electron chi connectivity index (χ4n) is 1.89. The number of nitrogens with zero attached hydrogens (tertiary/aromatic N) is 1. The van der Waals surface area contributed by atoms with Crippen LogP contribution in [0.25, 0.3) is 0 Å². The zero-order chi connectivity index (χ0) is 9.36. The monoisotopic (exact) mass is 183 g/mol. The van der Waals surface area contributed by atoms with Crippen LogP contribution in [0.3, 0.4) is 0 Å². The molecule has 0 radical (unpaired) electrons. The molecule has 13 heavy (non-hydrogen) atoms. The van der Waals surface area contributed by atoms with E-state index in [1.54, 1.807) is 7.11 Å². The molecule has 76 valence electrons. The lowest BCUT2D eigenvalue weighted by atomic mass is 10.00. The van der Waals surface area contributed by atoms with Gasteiger partial charge in [-0.2, -0.15) is 0 Å². The minimum absolute atomic E-state index is 1.15. The summed E-state index contributed by atoms with van der Waals surface area (Å²) in [5.74, 6) is 0. The van der Waals surface area contributed by atoms with Crippen molar-refractivity contribution in [2.75, 3.05) is 7.11 Å². The molecule has 0 atom stereocenters. The Hall–Kier alpha value is -0.530. The first kappa shape index (κ1) is 10.6. The molecule has 0 aromatic carbocycles. The van der Waals surface area contributed by atoms with Crippen molar-refractivity contribution < 1.29 is 4.84 Å². The normalized spacial score (nSPS) is 20.8. The number of hydrogen-bond acceptors (Lipinski definition) is 2. The van der Waals surface area contributed by atoms with Gasteiger partial charge in [-0.25, -0.2) is 0 Å². The van der Waals surface area contributed by atoms with Crippen LogP contribution in [0.15, 0.2) is 5.16 Å². The summed E-state index contributed by atoms with van der Waals surface area (Å²) in [4.78, 5) is 4.84. The maximum Gasteiger partial charge on any atom is 0.106 e. The molecule has 0 aromatic heterocycles. The fourth-order valence-corrected chi connectivity index (χ4v) is 1.89. The molecule has 0 aromatic rings. The summed E-state index contributed by atoms with van der Waals surface area (Å²) in [6.07, 6.45) is 11.8. The standard InChI is InChI=1S/C11H21NO/c1-13-12-11-9-7-5-3-2-4-6-8-10-11/h2-10H2,1H3. The third kappa shape index (κ3) is 4.91. The van der Waals surface area contributed by atoms with Gasteiger partial charge in [-0.1, -0.05) is 37.3 Å². The molecule has 2 heteroatoms. The van der Waals surface area contributed by atoms with E-state index in [2.05, 4.69) is 5.16 Å². The van der Waals surface area contributed by atoms with Crippen molar-refractivity contribution in [3.8, 4) is 0 Å². The summed E-state index contributed by atoms with van der Waals surface area (Å²) in [5, 5.41) is 4.07. The second-order valence-electron chi connectivity index (χ2n) is 3.81. The van der Waals surface area contributed by atoms with Gasteiger partial charge in [0.25, 0.3) is 0 Å². The Morgan fingerprint density at radius 3 is 1.77 bits per heavy atom. The molecule has 1 aliphatic rings. The maximum atomic E-state index is 4.84. The SMILES string of the molecule is CON=C1CCCCCCCCC1. The first-order valence-electron chi connectivity index (χ1n) is 5.52. The lowest BCUT2D eigenvalue weighted by molar-refractivity contribution is 0.211. The van der Waals surface area contributed by atoms with Crippen molar-refractivity contribution in [1.29, 1.82) is 0 Å². The molecule has 1 fully saturated rings. The van der Waals surface area contributed by atoms with Crippen molar-refractivity contribution in [2.45, 2.75) is 57.8 Å². The molecule has 0 bridgehead atoms. The highest BCUT2D eigenvalue weighted by Gasteiger charge is 2.03. The average molecular weight is 183 g/mol. The van der Waals surface area contributed by atoms with Crippen LogP contribution in [0.1, 0.15) is 57.8 Å². The van der Waals surface area contributed by atoms with E-state index in [1.165, 1.54) is 50.7 Å². The topological polar surface area (TPSA) is 21.6 Å². The van der Waals surface area contributed by atoms with Crippen LogP contribution in [0.2, 0.25) is 0 Å². The zero-order valence-corrected chi connectivity index (χ0v) is 8.72. The average Bonchev–Trinajstić information content (AvgIpc) is 2.16. The van der Waals surface area contributed by atoms with Gasteiger partial charge in [0.2, 0.25) is 0 Å². The third-order valence-corrected chi connectivity index (χ3v) is 2.65. The molecule has 0 N–H and O–H groups in total. The number of oxime groups is 1. The van der Waals surface area contributed by atoms with Gasteiger partial charge in [-0.05, 0) is 25.7 Å². The van der Waals surface area contributed by atoms with Crippen LogP contribution in [0.5, 0.6) is 0 Å². The third-order valence-electron chi connectivity index (χ3n) is 2.65. The van der Waals surface area contributed by atoms with Crippen LogP contribution in [-0.4, -0.2) is 12.8 Å². The smallest absolute Gasteiger partial charge is 0.106 e. The van der Waals surface area contributed by atoms with Crippen LogP contribution in [0, 0.1) is 0 Å². The minimum atomic E-state index is 1.15. The molecule has 0 amide bonds. The van der Waals surface area contributed by atoms with Crippen molar-refractivity contribution in [3.63, 3.8) is 0 Å². The van der Waals surface area contributed by atoms with Gasteiger partial charge in [0.1, 0.15) is 7.11 Å². The van der Waals surface area contributed by atoms with Crippen LogP contribution < -0.4 is 0 Å². The number of rotatable bonds is 1. The first-order valence-corrected chi connectivity index (χ1v) is 5.52. The van der Waals surface area contributed by atoms with Crippen LogP contribution in [-0.2, 0) is 4.84 Å². The van der Waals surface area contributed by atoms with E-state index < -0.39 is 0 Å². The van der Waals surface area contributed by atoms with Crippen molar-refractivity contribution in [1.82, 2.24) is 0 Å². The van der Waals surface area contributed by atoms with E-state index in [4.69, 9.17) is 4.84 Å². The Balaban J connectivity index is 2.30. The highest BCUT2D eigenvalue weighted by atomic mass is 16.6. The van der Waals surface area contributed by atoms with Gasteiger partial charge in [0, 0.05) is 0 Å².